The quantitative estimate of drug-likeness (QED) is 0.699. The molecule has 0 spiro atoms. The number of benzene rings is 2. The Labute approximate surface area is 179 Å². The van der Waals surface area contributed by atoms with Crippen LogP contribution in [0, 0.1) is 6.92 Å². The maximum atomic E-state index is 13.3. The number of nitrogens with one attached hydrogen (secondary N) is 1. The predicted molar refractivity (Wildman–Crippen MR) is 119 cm³/mol. The molecule has 0 bridgehead atoms. The fourth-order valence-electron chi connectivity index (χ4n) is 3.27. The number of nitrogens with zero attached hydrogens (tertiary/aromatic N) is 1. The molecule has 5 heteroatoms. The second kappa shape index (κ2) is 9.93. The van der Waals surface area contributed by atoms with Crippen molar-refractivity contribution in [1.29, 1.82) is 0 Å². The smallest absolute Gasteiger partial charge is 0.243 e. The van der Waals surface area contributed by atoms with Crippen molar-refractivity contribution >= 4 is 23.4 Å². The minimum atomic E-state index is -0.541. The number of hydrogen-bond donors (Lipinski definition) is 1. The lowest BCUT2D eigenvalue weighted by Gasteiger charge is -2.33. The van der Waals surface area contributed by atoms with Crippen LogP contribution in [0.5, 0.6) is 0 Å². The van der Waals surface area contributed by atoms with E-state index < -0.39 is 6.04 Å². The first-order valence-electron chi connectivity index (χ1n) is 10.0. The van der Waals surface area contributed by atoms with E-state index in [4.69, 9.17) is 11.6 Å². The second-order valence-corrected chi connectivity index (χ2v) is 8.85. The van der Waals surface area contributed by atoms with E-state index >= 15 is 0 Å². The van der Waals surface area contributed by atoms with E-state index in [-0.39, 0.29) is 23.8 Å². The summed E-state index contributed by atoms with van der Waals surface area (Å²) in [5.74, 6) is -0.223. The normalized spacial score (nSPS) is 12.3. The van der Waals surface area contributed by atoms with Crippen molar-refractivity contribution in [2.24, 2.45) is 0 Å². The third-order valence-corrected chi connectivity index (χ3v) is 4.97. The van der Waals surface area contributed by atoms with Crippen LogP contribution in [0.2, 0.25) is 5.02 Å². The number of carbonyl (C=O) groups is 2. The van der Waals surface area contributed by atoms with Gasteiger partial charge in [0.15, 0.2) is 0 Å². The minimum Gasteiger partial charge on any atom is -0.350 e. The van der Waals surface area contributed by atoms with Crippen molar-refractivity contribution in [2.75, 3.05) is 0 Å². The van der Waals surface area contributed by atoms with Crippen LogP contribution < -0.4 is 5.32 Å². The largest absolute Gasteiger partial charge is 0.350 e. The van der Waals surface area contributed by atoms with Crippen LogP contribution in [0.25, 0.3) is 0 Å². The summed E-state index contributed by atoms with van der Waals surface area (Å²) >= 11 is 6.08. The molecule has 0 saturated carbocycles. The molecule has 1 N–H and O–H groups in total. The Bertz CT molecular complexity index is 858. The molecule has 0 aromatic heterocycles. The van der Waals surface area contributed by atoms with Crippen molar-refractivity contribution in [3.05, 3.63) is 70.2 Å². The zero-order chi connectivity index (χ0) is 21.6. The van der Waals surface area contributed by atoms with Crippen molar-refractivity contribution in [1.82, 2.24) is 10.2 Å². The summed E-state index contributed by atoms with van der Waals surface area (Å²) in [5.41, 5.74) is 2.60. The second-order valence-electron chi connectivity index (χ2n) is 8.42. The van der Waals surface area contributed by atoms with Gasteiger partial charge in [0, 0.05) is 17.1 Å². The molecule has 0 fully saturated rings. The predicted octanol–water partition coefficient (Wildman–Crippen LogP) is 4.91. The highest BCUT2D eigenvalue weighted by Gasteiger charge is 2.30. The fraction of sp³-hybridized carbons (Fsp3) is 0.417. The van der Waals surface area contributed by atoms with Crippen LogP contribution >= 0.6 is 11.6 Å². The van der Waals surface area contributed by atoms with Gasteiger partial charge in [-0.05, 0) is 62.9 Å². The van der Waals surface area contributed by atoms with Gasteiger partial charge in [-0.2, -0.15) is 0 Å². The third kappa shape index (κ3) is 6.90. The van der Waals surface area contributed by atoms with Gasteiger partial charge >= 0.3 is 0 Å². The molecular formula is C24H31ClN2O2. The molecule has 1 atom stereocenters. The monoisotopic (exact) mass is 414 g/mol. The van der Waals surface area contributed by atoms with E-state index in [9.17, 15) is 9.59 Å². The van der Waals surface area contributed by atoms with E-state index in [2.05, 4.69) is 5.32 Å². The highest BCUT2D eigenvalue weighted by molar-refractivity contribution is 6.30. The molecule has 4 nitrogen and oxygen atoms in total. The Hall–Kier alpha value is -2.33. The van der Waals surface area contributed by atoms with E-state index in [0.717, 1.165) is 16.7 Å². The Morgan fingerprint density at radius 2 is 1.79 bits per heavy atom. The standard InChI is InChI=1S/C24H31ClN2O2/c1-6-21(23(29)26-24(3,4)5)27(16-19-12-8-7-10-17(19)2)22(28)15-18-11-9-13-20(25)14-18/h7-14,21H,6,15-16H2,1-5H3,(H,26,29)/t21-/m1/s1. The molecule has 2 amide bonds. The van der Waals surface area contributed by atoms with Crippen LogP contribution in [-0.4, -0.2) is 28.3 Å². The maximum Gasteiger partial charge on any atom is 0.243 e. The van der Waals surface area contributed by atoms with Crippen LogP contribution in [0.4, 0.5) is 0 Å². The number of hydrogen-bond acceptors (Lipinski definition) is 2. The lowest BCUT2D eigenvalue weighted by Crippen LogP contribution is -2.53. The summed E-state index contributed by atoms with van der Waals surface area (Å²) in [7, 11) is 0. The highest BCUT2D eigenvalue weighted by Crippen LogP contribution is 2.19. The molecule has 0 aliphatic carbocycles. The van der Waals surface area contributed by atoms with E-state index in [0.29, 0.717) is 18.0 Å². The number of halogens is 1. The van der Waals surface area contributed by atoms with Crippen molar-refractivity contribution < 1.29 is 9.59 Å². The summed E-state index contributed by atoms with van der Waals surface area (Å²) < 4.78 is 0. The number of rotatable bonds is 7. The summed E-state index contributed by atoms with van der Waals surface area (Å²) in [4.78, 5) is 28.0. The van der Waals surface area contributed by atoms with Crippen LogP contribution in [0.1, 0.15) is 50.8 Å². The van der Waals surface area contributed by atoms with Gasteiger partial charge in [-0.25, -0.2) is 0 Å². The van der Waals surface area contributed by atoms with Crippen molar-refractivity contribution in [3.63, 3.8) is 0 Å². The molecule has 29 heavy (non-hydrogen) atoms. The minimum absolute atomic E-state index is 0.0913. The van der Waals surface area contributed by atoms with Crippen LogP contribution in [0.15, 0.2) is 48.5 Å². The average molecular weight is 415 g/mol. The summed E-state index contributed by atoms with van der Waals surface area (Å²) in [5, 5.41) is 3.62. The Balaban J connectivity index is 2.34. The van der Waals surface area contributed by atoms with Gasteiger partial charge in [0.2, 0.25) is 11.8 Å². The highest BCUT2D eigenvalue weighted by atomic mass is 35.5. The lowest BCUT2D eigenvalue weighted by atomic mass is 10.0. The molecule has 2 rings (SSSR count). The van der Waals surface area contributed by atoms with Crippen molar-refractivity contribution in [3.8, 4) is 0 Å². The van der Waals surface area contributed by atoms with E-state index in [1.165, 1.54) is 0 Å². The average Bonchev–Trinajstić information content (AvgIpc) is 2.61. The molecule has 2 aromatic rings. The van der Waals surface area contributed by atoms with Crippen LogP contribution in [-0.2, 0) is 22.6 Å². The molecule has 2 aromatic carbocycles. The third-order valence-electron chi connectivity index (χ3n) is 4.73. The van der Waals surface area contributed by atoms with E-state index in [1.54, 1.807) is 17.0 Å². The van der Waals surface area contributed by atoms with Gasteiger partial charge in [-0.1, -0.05) is 54.9 Å². The first-order valence-corrected chi connectivity index (χ1v) is 10.4. The molecule has 0 aliphatic rings. The molecule has 0 aliphatic heterocycles. The number of aryl methyl sites for hydroxylation is 1. The summed E-state index contributed by atoms with van der Waals surface area (Å²) in [6.07, 6.45) is 0.737. The van der Waals surface area contributed by atoms with Gasteiger partial charge in [0.05, 0.1) is 6.42 Å². The Kier molecular flexibility index (Phi) is 7.86. The number of carbonyl (C=O) groups excluding carboxylic acids is 2. The van der Waals surface area contributed by atoms with Gasteiger partial charge in [-0.3, -0.25) is 9.59 Å². The molecule has 0 saturated heterocycles. The summed E-state index contributed by atoms with van der Waals surface area (Å²) in [6.45, 7) is 10.2. The van der Waals surface area contributed by atoms with Crippen LogP contribution in [0.3, 0.4) is 0 Å². The molecule has 156 valence electrons. The number of amides is 2. The van der Waals surface area contributed by atoms with E-state index in [1.807, 2.05) is 71.0 Å². The topological polar surface area (TPSA) is 49.4 Å². The van der Waals surface area contributed by atoms with Gasteiger partial charge in [0.25, 0.3) is 0 Å². The van der Waals surface area contributed by atoms with Gasteiger partial charge in [0.1, 0.15) is 6.04 Å². The SMILES string of the molecule is CC[C@H](C(=O)NC(C)(C)C)N(Cc1ccccc1C)C(=O)Cc1cccc(Cl)c1. The lowest BCUT2D eigenvalue weighted by molar-refractivity contribution is -0.141. The maximum absolute atomic E-state index is 13.3. The zero-order valence-electron chi connectivity index (χ0n) is 18.0. The summed E-state index contributed by atoms with van der Waals surface area (Å²) in [6, 6.07) is 14.7. The molecule has 0 radical (unpaired) electrons. The first-order chi connectivity index (χ1) is 13.6. The molecule has 0 heterocycles. The van der Waals surface area contributed by atoms with Gasteiger partial charge in [-0.15, -0.1) is 0 Å². The fourth-order valence-corrected chi connectivity index (χ4v) is 3.48. The first kappa shape index (κ1) is 23.0. The Morgan fingerprint density at radius 1 is 1.10 bits per heavy atom. The van der Waals surface area contributed by atoms with Crippen molar-refractivity contribution in [2.45, 2.75) is 65.6 Å². The molecular weight excluding hydrogens is 384 g/mol. The van der Waals surface area contributed by atoms with Gasteiger partial charge < -0.3 is 10.2 Å². The molecule has 0 unspecified atom stereocenters. The zero-order valence-corrected chi connectivity index (χ0v) is 18.7. The Morgan fingerprint density at radius 3 is 2.38 bits per heavy atom.